The fourth-order valence-corrected chi connectivity index (χ4v) is 4.47. The fraction of sp³-hybridized carbons (Fsp3) is 0.517. The first kappa shape index (κ1) is 29.7. The maximum Gasteiger partial charge on any atom is 0.336 e. The number of carboxylic acid groups (broad SMARTS) is 2. The Morgan fingerprint density at radius 1 is 0.842 bits per heavy atom. The first-order chi connectivity index (χ1) is 18.4. The summed E-state index contributed by atoms with van der Waals surface area (Å²) in [5.74, 6) is -2.77. The number of nitrogens with zero attached hydrogens (tertiary/aromatic N) is 1. The number of hydrogen-bond donors (Lipinski definition) is 2. The predicted octanol–water partition coefficient (Wildman–Crippen LogP) is 3.95. The van der Waals surface area contributed by atoms with Gasteiger partial charge in [0.1, 0.15) is 0 Å². The van der Waals surface area contributed by atoms with Crippen LogP contribution in [0.4, 0.5) is 0 Å². The number of rotatable bonds is 12. The molecule has 2 fully saturated rings. The minimum Gasteiger partial charge on any atom is -0.479 e. The van der Waals surface area contributed by atoms with Crippen LogP contribution in [0, 0.1) is 0 Å². The molecule has 2 aromatic carbocycles. The number of carboxylic acids is 2. The molecule has 38 heavy (non-hydrogen) atoms. The molecule has 0 radical (unpaired) electrons. The second-order valence-corrected chi connectivity index (χ2v) is 9.49. The average Bonchev–Trinajstić information content (AvgIpc) is 3.35. The van der Waals surface area contributed by atoms with E-state index in [0.717, 1.165) is 43.2 Å². The van der Waals surface area contributed by atoms with Crippen LogP contribution in [-0.4, -0.2) is 78.4 Å². The maximum atomic E-state index is 11.4. The van der Waals surface area contributed by atoms with Crippen molar-refractivity contribution in [2.75, 3.05) is 26.8 Å². The van der Waals surface area contributed by atoms with Gasteiger partial charge in [-0.25, -0.2) is 9.59 Å². The molecule has 0 aliphatic carbocycles. The molecule has 0 spiro atoms. The van der Waals surface area contributed by atoms with Gasteiger partial charge in [-0.2, -0.15) is 0 Å². The molecule has 0 aromatic heterocycles. The van der Waals surface area contributed by atoms with Crippen molar-refractivity contribution >= 4 is 11.9 Å². The van der Waals surface area contributed by atoms with E-state index in [2.05, 4.69) is 11.9 Å². The highest BCUT2D eigenvalue weighted by molar-refractivity contribution is 5.83. The van der Waals surface area contributed by atoms with Gasteiger partial charge in [0.05, 0.1) is 26.4 Å². The summed E-state index contributed by atoms with van der Waals surface area (Å²) >= 11 is 0. The summed E-state index contributed by atoms with van der Waals surface area (Å²) in [5.41, 5.74) is 1.49. The van der Waals surface area contributed by atoms with E-state index in [9.17, 15) is 19.8 Å². The first-order valence-corrected chi connectivity index (χ1v) is 13.1. The molecule has 2 aliphatic heterocycles. The molecule has 9 nitrogen and oxygen atoms in total. The van der Waals surface area contributed by atoms with Crippen LogP contribution >= 0.6 is 0 Å². The van der Waals surface area contributed by atoms with Crippen molar-refractivity contribution in [3.8, 4) is 0 Å². The number of benzene rings is 2. The van der Waals surface area contributed by atoms with Gasteiger partial charge in [0.25, 0.3) is 0 Å². The van der Waals surface area contributed by atoms with Crippen LogP contribution in [0.5, 0.6) is 0 Å². The standard InChI is InChI=1S/C18H18O6.C11H21NO2/c19-17(20)15(23-11-13-7-3-1-4-8-13)16(18(21)22)24-12-14-9-5-2-6-10-14;1-12-7-2-4-10(12)5-6-11-13-8-3-9-14-11/h1-10,15-16H,11-12H2,(H,19,20)(H,21,22);10-11H,2-9H2,1H3. The molecule has 2 aromatic rings. The van der Waals surface area contributed by atoms with Gasteiger partial charge in [-0.15, -0.1) is 0 Å². The Bertz CT molecular complexity index is 892. The SMILES string of the molecule is CN1CCCC1CCC1OCCCO1.O=C(O)C(OCc1ccccc1)C(OCc1ccccc1)C(=O)O. The molecular formula is C29H39NO8. The van der Waals surface area contributed by atoms with Crippen molar-refractivity contribution in [2.24, 2.45) is 0 Å². The van der Waals surface area contributed by atoms with E-state index >= 15 is 0 Å². The minimum atomic E-state index is -1.61. The zero-order valence-electron chi connectivity index (χ0n) is 21.9. The summed E-state index contributed by atoms with van der Waals surface area (Å²) in [7, 11) is 2.22. The van der Waals surface area contributed by atoms with Crippen LogP contribution in [0.1, 0.15) is 43.2 Å². The topological polar surface area (TPSA) is 115 Å². The summed E-state index contributed by atoms with van der Waals surface area (Å²) in [6, 6.07) is 18.6. The van der Waals surface area contributed by atoms with Crippen molar-refractivity contribution in [1.82, 2.24) is 4.90 Å². The Hall–Kier alpha value is -2.82. The molecule has 0 bridgehead atoms. The van der Waals surface area contributed by atoms with Gasteiger partial charge in [0.2, 0.25) is 0 Å². The van der Waals surface area contributed by atoms with Crippen molar-refractivity contribution < 1.29 is 38.7 Å². The lowest BCUT2D eigenvalue weighted by Crippen LogP contribution is -2.43. The minimum absolute atomic E-state index is 0.0176. The molecule has 3 unspecified atom stereocenters. The Morgan fingerprint density at radius 2 is 1.34 bits per heavy atom. The number of ether oxygens (including phenoxy) is 4. The molecular weight excluding hydrogens is 490 g/mol. The zero-order chi connectivity index (χ0) is 27.2. The van der Waals surface area contributed by atoms with Gasteiger partial charge in [-0.05, 0) is 56.8 Å². The van der Waals surface area contributed by atoms with Crippen molar-refractivity contribution in [1.29, 1.82) is 0 Å². The average molecular weight is 530 g/mol. The van der Waals surface area contributed by atoms with Gasteiger partial charge in [-0.3, -0.25) is 0 Å². The highest BCUT2D eigenvalue weighted by Crippen LogP contribution is 2.21. The maximum absolute atomic E-state index is 11.4. The molecule has 0 saturated carbocycles. The molecule has 2 aliphatic rings. The fourth-order valence-electron chi connectivity index (χ4n) is 4.47. The molecule has 4 rings (SSSR count). The largest absolute Gasteiger partial charge is 0.479 e. The highest BCUT2D eigenvalue weighted by Gasteiger charge is 2.36. The van der Waals surface area contributed by atoms with Gasteiger partial charge in [0, 0.05) is 6.04 Å². The smallest absolute Gasteiger partial charge is 0.336 e. The van der Waals surface area contributed by atoms with Crippen LogP contribution in [0.2, 0.25) is 0 Å². The van der Waals surface area contributed by atoms with Crippen molar-refractivity contribution in [2.45, 2.75) is 69.9 Å². The molecule has 208 valence electrons. The van der Waals surface area contributed by atoms with Crippen LogP contribution < -0.4 is 0 Å². The summed E-state index contributed by atoms with van der Waals surface area (Å²) in [4.78, 5) is 25.3. The lowest BCUT2D eigenvalue weighted by atomic mass is 10.1. The molecule has 3 atom stereocenters. The third-order valence-corrected chi connectivity index (χ3v) is 6.61. The second kappa shape index (κ2) is 16.2. The zero-order valence-corrected chi connectivity index (χ0v) is 21.9. The quantitative estimate of drug-likeness (QED) is 0.422. The second-order valence-electron chi connectivity index (χ2n) is 9.49. The van der Waals surface area contributed by atoms with Gasteiger partial charge >= 0.3 is 11.9 Å². The van der Waals surface area contributed by atoms with Crippen LogP contribution in [-0.2, 0) is 41.8 Å². The molecule has 2 N–H and O–H groups in total. The van der Waals surface area contributed by atoms with E-state index in [4.69, 9.17) is 18.9 Å². The Kier molecular flexibility index (Phi) is 12.7. The molecule has 2 heterocycles. The molecule has 9 heteroatoms. The van der Waals surface area contributed by atoms with E-state index in [1.807, 2.05) is 12.1 Å². The summed E-state index contributed by atoms with van der Waals surface area (Å²) in [6.45, 7) is 2.99. The third kappa shape index (κ3) is 10.2. The number of hydrogen-bond acceptors (Lipinski definition) is 7. The number of carbonyl (C=O) groups is 2. The number of likely N-dealkylation sites (tertiary alicyclic amines) is 1. The van der Waals surface area contributed by atoms with E-state index < -0.39 is 24.1 Å². The summed E-state index contributed by atoms with van der Waals surface area (Å²) in [5, 5.41) is 18.6. The van der Waals surface area contributed by atoms with Crippen molar-refractivity contribution in [3.05, 3.63) is 71.8 Å². The molecule has 0 amide bonds. The van der Waals surface area contributed by atoms with Crippen LogP contribution in [0.3, 0.4) is 0 Å². The van der Waals surface area contributed by atoms with Gasteiger partial charge < -0.3 is 34.1 Å². The van der Waals surface area contributed by atoms with E-state index in [1.165, 1.54) is 25.8 Å². The lowest BCUT2D eigenvalue weighted by molar-refractivity contribution is -0.182. The van der Waals surface area contributed by atoms with Gasteiger partial charge in [0.15, 0.2) is 18.5 Å². The Balaban J connectivity index is 0.000000241. The monoisotopic (exact) mass is 529 g/mol. The Labute approximate surface area is 224 Å². The summed E-state index contributed by atoms with van der Waals surface area (Å²) in [6.07, 6.45) is 2.92. The van der Waals surface area contributed by atoms with Crippen LogP contribution in [0.15, 0.2) is 60.7 Å². The van der Waals surface area contributed by atoms with E-state index in [-0.39, 0.29) is 19.5 Å². The predicted molar refractivity (Wildman–Crippen MR) is 141 cm³/mol. The van der Waals surface area contributed by atoms with E-state index in [1.54, 1.807) is 48.5 Å². The van der Waals surface area contributed by atoms with Crippen molar-refractivity contribution in [3.63, 3.8) is 0 Å². The molecule has 2 saturated heterocycles. The summed E-state index contributed by atoms with van der Waals surface area (Å²) < 4.78 is 21.7. The number of aliphatic carboxylic acids is 2. The normalized spacial score (nSPS) is 19.8. The van der Waals surface area contributed by atoms with Gasteiger partial charge in [-0.1, -0.05) is 60.7 Å². The Morgan fingerprint density at radius 3 is 1.76 bits per heavy atom. The lowest BCUT2D eigenvalue weighted by Gasteiger charge is -2.26. The first-order valence-electron chi connectivity index (χ1n) is 13.1. The van der Waals surface area contributed by atoms with Crippen LogP contribution in [0.25, 0.3) is 0 Å². The van der Waals surface area contributed by atoms with E-state index in [0.29, 0.717) is 0 Å². The highest BCUT2D eigenvalue weighted by atomic mass is 16.7. The third-order valence-electron chi connectivity index (χ3n) is 6.61.